The van der Waals surface area contributed by atoms with Gasteiger partial charge in [0.05, 0.1) is 18.6 Å². The average molecular weight is 396 g/mol. The number of nitrogens with zero attached hydrogens (tertiary/aromatic N) is 2. The molecule has 3 amide bonds. The third kappa shape index (κ3) is 4.89. The Morgan fingerprint density at radius 2 is 1.74 bits per heavy atom. The van der Waals surface area contributed by atoms with Crippen LogP contribution in [-0.2, 0) is 14.8 Å². The highest BCUT2D eigenvalue weighted by Gasteiger charge is 2.30. The van der Waals surface area contributed by atoms with E-state index in [0.29, 0.717) is 18.8 Å². The number of nitrogens with one attached hydrogen (secondary N) is 2. The molecule has 9 nitrogen and oxygen atoms in total. The van der Waals surface area contributed by atoms with Gasteiger partial charge in [-0.15, -0.1) is 0 Å². The topological polar surface area (TPSA) is 108 Å². The van der Waals surface area contributed by atoms with Gasteiger partial charge in [0.1, 0.15) is 5.75 Å². The number of hydrogen-bond donors (Lipinski definition) is 2. The number of carbonyl (C=O) groups excluding carboxylic acids is 2. The van der Waals surface area contributed by atoms with Crippen LogP contribution in [0.5, 0.6) is 5.75 Å². The van der Waals surface area contributed by atoms with Gasteiger partial charge in [0.25, 0.3) is 0 Å². The normalized spacial score (nSPS) is 18.0. The molecule has 0 bridgehead atoms. The standard InChI is InChI=1S/C17H24N4O5S/c1-26-14-4-6-15(7-5-14)27(24,25)21-10-8-20(9-11-21)16(22)12-18-17(23)19-13-2-3-13/h4-7,13H,2-3,8-12H2,1H3,(H2,18,19,23). The predicted octanol–water partition coefficient (Wildman–Crippen LogP) is -0.0103. The quantitative estimate of drug-likeness (QED) is 0.703. The van der Waals surface area contributed by atoms with E-state index in [2.05, 4.69) is 10.6 Å². The highest BCUT2D eigenvalue weighted by Crippen LogP contribution is 2.21. The lowest BCUT2D eigenvalue weighted by Gasteiger charge is -2.34. The molecule has 148 valence electrons. The first-order valence-corrected chi connectivity index (χ1v) is 10.3. The van der Waals surface area contributed by atoms with E-state index in [1.165, 1.54) is 23.5 Å². The van der Waals surface area contributed by atoms with E-state index >= 15 is 0 Å². The molecule has 1 aliphatic carbocycles. The largest absolute Gasteiger partial charge is 0.497 e. The fraction of sp³-hybridized carbons (Fsp3) is 0.529. The summed E-state index contributed by atoms with van der Waals surface area (Å²) in [6.45, 7) is 0.923. The number of rotatable bonds is 6. The molecule has 0 spiro atoms. The average Bonchev–Trinajstić information content (AvgIpc) is 3.50. The van der Waals surface area contributed by atoms with Crippen molar-refractivity contribution in [2.24, 2.45) is 0 Å². The summed E-state index contributed by atoms with van der Waals surface area (Å²) in [5, 5.41) is 5.29. The van der Waals surface area contributed by atoms with Gasteiger partial charge in [0.15, 0.2) is 0 Å². The first-order chi connectivity index (χ1) is 12.9. The van der Waals surface area contributed by atoms with Gasteiger partial charge >= 0.3 is 6.03 Å². The van der Waals surface area contributed by atoms with Crippen LogP contribution >= 0.6 is 0 Å². The van der Waals surface area contributed by atoms with Gasteiger partial charge in [0.2, 0.25) is 15.9 Å². The summed E-state index contributed by atoms with van der Waals surface area (Å²) < 4.78 is 31.8. The molecular formula is C17H24N4O5S. The highest BCUT2D eigenvalue weighted by molar-refractivity contribution is 7.89. The summed E-state index contributed by atoms with van der Waals surface area (Å²) in [4.78, 5) is 25.5. The van der Waals surface area contributed by atoms with Gasteiger partial charge in [-0.3, -0.25) is 4.79 Å². The molecule has 0 atom stereocenters. The maximum Gasteiger partial charge on any atom is 0.315 e. The van der Waals surface area contributed by atoms with E-state index < -0.39 is 10.0 Å². The summed E-state index contributed by atoms with van der Waals surface area (Å²) in [6.07, 6.45) is 1.96. The van der Waals surface area contributed by atoms with Gasteiger partial charge < -0.3 is 20.3 Å². The van der Waals surface area contributed by atoms with E-state index in [9.17, 15) is 18.0 Å². The van der Waals surface area contributed by atoms with Gasteiger partial charge in [0, 0.05) is 32.2 Å². The Labute approximate surface area is 158 Å². The predicted molar refractivity (Wildman–Crippen MR) is 97.9 cm³/mol. The van der Waals surface area contributed by atoms with Crippen molar-refractivity contribution in [3.05, 3.63) is 24.3 Å². The van der Waals surface area contributed by atoms with Crippen LogP contribution in [0, 0.1) is 0 Å². The summed E-state index contributed by atoms with van der Waals surface area (Å²) in [6, 6.07) is 6.11. The SMILES string of the molecule is COc1ccc(S(=O)(=O)N2CCN(C(=O)CNC(=O)NC3CC3)CC2)cc1. The summed E-state index contributed by atoms with van der Waals surface area (Å²) in [7, 11) is -2.09. The molecule has 3 rings (SSSR count). The molecule has 1 aromatic carbocycles. The molecule has 1 saturated heterocycles. The fourth-order valence-corrected chi connectivity index (χ4v) is 4.23. The molecule has 0 unspecified atom stereocenters. The third-order valence-corrected chi connectivity index (χ3v) is 6.51. The summed E-state index contributed by atoms with van der Waals surface area (Å²) >= 11 is 0. The zero-order valence-electron chi connectivity index (χ0n) is 15.2. The van der Waals surface area contributed by atoms with Gasteiger partial charge in [-0.2, -0.15) is 4.31 Å². The zero-order chi connectivity index (χ0) is 19.4. The van der Waals surface area contributed by atoms with Crippen LogP contribution in [0.3, 0.4) is 0 Å². The van der Waals surface area contributed by atoms with Gasteiger partial charge in [-0.1, -0.05) is 0 Å². The number of carbonyl (C=O) groups is 2. The lowest BCUT2D eigenvalue weighted by molar-refractivity contribution is -0.131. The number of amides is 3. The molecule has 1 heterocycles. The molecule has 2 N–H and O–H groups in total. The van der Waals surface area contributed by atoms with E-state index in [1.807, 2.05) is 0 Å². The van der Waals surface area contributed by atoms with Crippen LogP contribution in [0.25, 0.3) is 0 Å². The van der Waals surface area contributed by atoms with Crippen LogP contribution in [0.4, 0.5) is 4.79 Å². The number of sulfonamides is 1. The van der Waals surface area contributed by atoms with Gasteiger partial charge in [-0.05, 0) is 37.1 Å². The maximum atomic E-state index is 12.7. The van der Waals surface area contributed by atoms with Crippen molar-refractivity contribution < 1.29 is 22.7 Å². The van der Waals surface area contributed by atoms with Crippen molar-refractivity contribution in [1.82, 2.24) is 19.8 Å². The van der Waals surface area contributed by atoms with Crippen LogP contribution in [0.2, 0.25) is 0 Å². The van der Waals surface area contributed by atoms with Crippen molar-refractivity contribution in [2.45, 2.75) is 23.8 Å². The Kier molecular flexibility index (Phi) is 5.85. The number of hydrogen-bond acceptors (Lipinski definition) is 5. The van der Waals surface area contributed by atoms with E-state index in [0.717, 1.165) is 12.8 Å². The fourth-order valence-electron chi connectivity index (χ4n) is 2.81. The monoisotopic (exact) mass is 396 g/mol. The van der Waals surface area contributed by atoms with Crippen LogP contribution in [0.15, 0.2) is 29.2 Å². The first-order valence-electron chi connectivity index (χ1n) is 8.86. The Morgan fingerprint density at radius 3 is 2.30 bits per heavy atom. The Morgan fingerprint density at radius 1 is 1.11 bits per heavy atom. The second kappa shape index (κ2) is 8.13. The minimum Gasteiger partial charge on any atom is -0.497 e. The molecule has 2 aliphatic rings. The summed E-state index contributed by atoms with van der Waals surface area (Å²) in [5.74, 6) is 0.366. The number of piperazine rings is 1. The molecule has 0 radical (unpaired) electrons. The summed E-state index contributed by atoms with van der Waals surface area (Å²) in [5.41, 5.74) is 0. The molecular weight excluding hydrogens is 372 g/mol. The van der Waals surface area contributed by atoms with E-state index in [4.69, 9.17) is 4.74 Å². The minimum absolute atomic E-state index is 0.0935. The van der Waals surface area contributed by atoms with Crippen molar-refractivity contribution in [1.29, 1.82) is 0 Å². The maximum absolute atomic E-state index is 12.7. The minimum atomic E-state index is -3.61. The number of methoxy groups -OCH3 is 1. The smallest absolute Gasteiger partial charge is 0.315 e. The third-order valence-electron chi connectivity index (χ3n) is 4.60. The van der Waals surface area contributed by atoms with E-state index in [1.54, 1.807) is 17.0 Å². The zero-order valence-corrected chi connectivity index (χ0v) is 16.0. The van der Waals surface area contributed by atoms with Crippen LogP contribution < -0.4 is 15.4 Å². The second-order valence-electron chi connectivity index (χ2n) is 6.56. The number of urea groups is 1. The van der Waals surface area contributed by atoms with Crippen molar-refractivity contribution in [2.75, 3.05) is 39.8 Å². The molecule has 2 fully saturated rings. The highest BCUT2D eigenvalue weighted by atomic mass is 32.2. The van der Waals surface area contributed by atoms with Crippen molar-refractivity contribution >= 4 is 22.0 Å². The lowest BCUT2D eigenvalue weighted by atomic mass is 10.3. The Bertz CT molecular complexity index is 784. The van der Waals surface area contributed by atoms with Crippen LogP contribution in [-0.4, -0.2) is 75.4 Å². The molecule has 0 aromatic heterocycles. The molecule has 1 aliphatic heterocycles. The van der Waals surface area contributed by atoms with Gasteiger partial charge in [-0.25, -0.2) is 13.2 Å². The first kappa shape index (κ1) is 19.4. The number of ether oxygens (including phenoxy) is 1. The van der Waals surface area contributed by atoms with Crippen molar-refractivity contribution in [3.8, 4) is 5.75 Å². The molecule has 1 aromatic rings. The van der Waals surface area contributed by atoms with Crippen molar-refractivity contribution in [3.63, 3.8) is 0 Å². The second-order valence-corrected chi connectivity index (χ2v) is 8.50. The molecule has 10 heteroatoms. The van der Waals surface area contributed by atoms with Crippen LogP contribution in [0.1, 0.15) is 12.8 Å². The van der Waals surface area contributed by atoms with E-state index in [-0.39, 0.29) is 42.5 Å². The number of benzene rings is 1. The molecule has 1 saturated carbocycles. The Hall–Kier alpha value is -2.33. The molecule has 27 heavy (non-hydrogen) atoms. The Balaban J connectivity index is 1.49. The lowest BCUT2D eigenvalue weighted by Crippen LogP contribution is -2.53.